The molecule has 0 saturated carbocycles. The fourth-order valence-corrected chi connectivity index (χ4v) is 4.61. The van der Waals surface area contributed by atoms with E-state index in [0.717, 1.165) is 12.1 Å². The SMILES string of the molecule is O=C(Cc1c(F)cccc1F)NC1CS(=O)(=O)CC1Cl. The lowest BCUT2D eigenvalue weighted by Gasteiger charge is -2.14. The highest BCUT2D eigenvalue weighted by atomic mass is 35.5. The maximum absolute atomic E-state index is 13.4. The van der Waals surface area contributed by atoms with Crippen LogP contribution in [0.15, 0.2) is 18.2 Å². The van der Waals surface area contributed by atoms with E-state index in [1.54, 1.807) is 0 Å². The zero-order valence-corrected chi connectivity index (χ0v) is 11.8. The van der Waals surface area contributed by atoms with Crippen LogP contribution in [0.3, 0.4) is 0 Å². The van der Waals surface area contributed by atoms with Crippen LogP contribution in [0.4, 0.5) is 8.78 Å². The number of halogens is 3. The van der Waals surface area contributed by atoms with E-state index in [9.17, 15) is 22.0 Å². The van der Waals surface area contributed by atoms with Crippen molar-refractivity contribution in [1.82, 2.24) is 5.32 Å². The number of sulfone groups is 1. The van der Waals surface area contributed by atoms with Gasteiger partial charge in [-0.3, -0.25) is 4.79 Å². The number of amides is 1. The Hall–Kier alpha value is -1.21. The van der Waals surface area contributed by atoms with E-state index in [2.05, 4.69) is 5.32 Å². The van der Waals surface area contributed by atoms with E-state index in [4.69, 9.17) is 11.6 Å². The Morgan fingerprint density at radius 3 is 2.40 bits per heavy atom. The molecule has 20 heavy (non-hydrogen) atoms. The van der Waals surface area contributed by atoms with Gasteiger partial charge >= 0.3 is 0 Å². The minimum Gasteiger partial charge on any atom is -0.351 e. The van der Waals surface area contributed by atoms with E-state index in [1.165, 1.54) is 6.07 Å². The van der Waals surface area contributed by atoms with Gasteiger partial charge in [0, 0.05) is 5.56 Å². The minimum atomic E-state index is -3.27. The van der Waals surface area contributed by atoms with Crippen LogP contribution in [-0.4, -0.2) is 37.2 Å². The smallest absolute Gasteiger partial charge is 0.224 e. The molecule has 2 atom stereocenters. The predicted molar refractivity (Wildman–Crippen MR) is 70.3 cm³/mol. The number of benzene rings is 1. The second kappa shape index (κ2) is 5.65. The van der Waals surface area contributed by atoms with Crippen molar-refractivity contribution < 1.29 is 22.0 Å². The molecule has 2 unspecified atom stereocenters. The Morgan fingerprint density at radius 2 is 1.90 bits per heavy atom. The molecule has 1 amide bonds. The Balaban J connectivity index is 2.04. The summed E-state index contributed by atoms with van der Waals surface area (Å²) in [5, 5.41) is 1.68. The molecule has 1 aromatic rings. The molecule has 1 aliphatic rings. The quantitative estimate of drug-likeness (QED) is 0.845. The molecule has 1 aliphatic heterocycles. The lowest BCUT2D eigenvalue weighted by atomic mass is 10.1. The van der Waals surface area contributed by atoms with Gasteiger partial charge in [-0.2, -0.15) is 0 Å². The largest absolute Gasteiger partial charge is 0.351 e. The maximum Gasteiger partial charge on any atom is 0.224 e. The molecule has 0 bridgehead atoms. The number of nitrogens with one attached hydrogen (secondary N) is 1. The topological polar surface area (TPSA) is 63.2 Å². The summed E-state index contributed by atoms with van der Waals surface area (Å²) < 4.78 is 49.5. The van der Waals surface area contributed by atoms with Crippen molar-refractivity contribution in [2.75, 3.05) is 11.5 Å². The summed E-state index contributed by atoms with van der Waals surface area (Å²) in [6, 6.07) is 2.57. The predicted octanol–water partition coefficient (Wildman–Crippen LogP) is 1.03. The first-order valence-electron chi connectivity index (χ1n) is 5.85. The first-order valence-corrected chi connectivity index (χ1v) is 8.11. The normalized spacial score (nSPS) is 24.6. The van der Waals surface area contributed by atoms with Crippen LogP contribution in [0.2, 0.25) is 0 Å². The highest BCUT2D eigenvalue weighted by molar-refractivity contribution is 7.91. The zero-order valence-electron chi connectivity index (χ0n) is 10.3. The van der Waals surface area contributed by atoms with Crippen molar-refractivity contribution in [3.8, 4) is 0 Å². The number of hydrogen-bond donors (Lipinski definition) is 1. The highest BCUT2D eigenvalue weighted by Crippen LogP contribution is 2.18. The zero-order chi connectivity index (χ0) is 14.9. The lowest BCUT2D eigenvalue weighted by molar-refractivity contribution is -0.121. The molecular formula is C12H12ClF2NO3S. The van der Waals surface area contributed by atoms with E-state index < -0.39 is 45.2 Å². The molecule has 0 radical (unpaired) electrons. The highest BCUT2D eigenvalue weighted by Gasteiger charge is 2.37. The molecule has 1 heterocycles. The van der Waals surface area contributed by atoms with Gasteiger partial charge in [-0.15, -0.1) is 11.6 Å². The summed E-state index contributed by atoms with van der Waals surface area (Å²) in [5.41, 5.74) is -0.350. The van der Waals surface area contributed by atoms with Gasteiger partial charge in [0.1, 0.15) is 11.6 Å². The fraction of sp³-hybridized carbons (Fsp3) is 0.417. The standard InChI is InChI=1S/C12H12ClF2NO3S/c13-8-5-20(18,19)6-11(8)16-12(17)4-7-9(14)2-1-3-10(7)15/h1-3,8,11H,4-6H2,(H,16,17). The Bertz CT molecular complexity index is 615. The average molecular weight is 324 g/mol. The van der Waals surface area contributed by atoms with E-state index in [-0.39, 0.29) is 17.1 Å². The van der Waals surface area contributed by atoms with Crippen molar-refractivity contribution in [3.63, 3.8) is 0 Å². The van der Waals surface area contributed by atoms with Crippen LogP contribution >= 0.6 is 11.6 Å². The van der Waals surface area contributed by atoms with E-state index in [0.29, 0.717) is 0 Å². The summed E-state index contributed by atoms with van der Waals surface area (Å²) >= 11 is 5.83. The van der Waals surface area contributed by atoms with Crippen molar-refractivity contribution >= 4 is 27.3 Å². The molecule has 0 spiro atoms. The summed E-state index contributed by atoms with van der Waals surface area (Å²) in [5.74, 6) is -2.77. The molecular weight excluding hydrogens is 312 g/mol. The van der Waals surface area contributed by atoms with Crippen LogP contribution in [0.1, 0.15) is 5.56 Å². The fourth-order valence-electron chi connectivity index (χ4n) is 2.06. The first-order chi connectivity index (χ1) is 9.28. The van der Waals surface area contributed by atoms with Crippen LogP contribution in [0.5, 0.6) is 0 Å². The minimum absolute atomic E-state index is 0.215. The van der Waals surface area contributed by atoms with Crippen LogP contribution in [-0.2, 0) is 21.1 Å². The van der Waals surface area contributed by atoms with Gasteiger partial charge in [-0.05, 0) is 12.1 Å². The van der Waals surface area contributed by atoms with Gasteiger partial charge in [-0.1, -0.05) is 6.07 Å². The molecule has 110 valence electrons. The maximum atomic E-state index is 13.4. The number of hydrogen-bond acceptors (Lipinski definition) is 3. The molecule has 2 rings (SSSR count). The monoisotopic (exact) mass is 323 g/mol. The van der Waals surface area contributed by atoms with Gasteiger partial charge in [0.15, 0.2) is 9.84 Å². The molecule has 8 heteroatoms. The second-order valence-electron chi connectivity index (χ2n) is 4.64. The number of carbonyl (C=O) groups excluding carboxylic acids is 1. The molecule has 4 nitrogen and oxygen atoms in total. The third kappa shape index (κ3) is 3.46. The van der Waals surface area contributed by atoms with Gasteiger partial charge in [0.2, 0.25) is 5.91 Å². The van der Waals surface area contributed by atoms with Gasteiger partial charge in [0.05, 0.1) is 29.3 Å². The molecule has 0 aliphatic carbocycles. The van der Waals surface area contributed by atoms with E-state index >= 15 is 0 Å². The molecule has 1 N–H and O–H groups in total. The van der Waals surface area contributed by atoms with Crippen molar-refractivity contribution in [2.45, 2.75) is 17.8 Å². The Kier molecular flexibility index (Phi) is 4.29. The van der Waals surface area contributed by atoms with Crippen molar-refractivity contribution in [1.29, 1.82) is 0 Å². The molecule has 1 saturated heterocycles. The third-order valence-corrected chi connectivity index (χ3v) is 5.40. The van der Waals surface area contributed by atoms with Crippen molar-refractivity contribution in [3.05, 3.63) is 35.4 Å². The second-order valence-corrected chi connectivity index (χ2v) is 7.36. The molecule has 1 fully saturated rings. The van der Waals surface area contributed by atoms with Gasteiger partial charge < -0.3 is 5.32 Å². The summed E-state index contributed by atoms with van der Waals surface area (Å²) in [4.78, 5) is 11.7. The van der Waals surface area contributed by atoms with Crippen LogP contribution in [0, 0.1) is 11.6 Å². The van der Waals surface area contributed by atoms with Crippen molar-refractivity contribution in [2.24, 2.45) is 0 Å². The summed E-state index contributed by atoms with van der Waals surface area (Å²) in [7, 11) is -3.27. The van der Waals surface area contributed by atoms with E-state index in [1.807, 2.05) is 0 Å². The third-order valence-electron chi connectivity index (χ3n) is 3.03. The molecule has 0 aromatic heterocycles. The number of rotatable bonds is 3. The van der Waals surface area contributed by atoms with Crippen LogP contribution < -0.4 is 5.32 Å². The number of carbonyl (C=O) groups is 1. The Morgan fingerprint density at radius 1 is 1.30 bits per heavy atom. The molecule has 1 aromatic carbocycles. The summed E-state index contributed by atoms with van der Waals surface area (Å²) in [6.07, 6.45) is -0.501. The summed E-state index contributed by atoms with van der Waals surface area (Å²) in [6.45, 7) is 0. The number of alkyl halides is 1. The first kappa shape index (κ1) is 15.2. The van der Waals surface area contributed by atoms with Gasteiger partial charge in [0.25, 0.3) is 0 Å². The lowest BCUT2D eigenvalue weighted by Crippen LogP contribution is -2.41. The van der Waals surface area contributed by atoms with Gasteiger partial charge in [-0.25, -0.2) is 17.2 Å². The van der Waals surface area contributed by atoms with Crippen LogP contribution in [0.25, 0.3) is 0 Å². The average Bonchev–Trinajstić information content (AvgIpc) is 2.57. The Labute approximate surface area is 120 Å².